The van der Waals surface area contributed by atoms with Crippen molar-refractivity contribution in [2.45, 2.75) is 44.8 Å². The summed E-state index contributed by atoms with van der Waals surface area (Å²) in [6.07, 6.45) is -0.140. The van der Waals surface area contributed by atoms with Gasteiger partial charge in [-0.05, 0) is 54.6 Å². The number of halogens is 2. The topological polar surface area (TPSA) is 98.4 Å². The van der Waals surface area contributed by atoms with Gasteiger partial charge in [0.1, 0.15) is 17.5 Å². The molecule has 0 radical (unpaired) electrons. The minimum absolute atomic E-state index is 0.0381. The maximum absolute atomic E-state index is 13.6. The molecular formula is C25H25F2N2O4-. The molecule has 0 fully saturated rings. The molecule has 1 heterocycles. The number of hydrogen-bond acceptors (Lipinski definition) is 5. The lowest BCUT2D eigenvalue weighted by atomic mass is 10.0. The highest BCUT2D eigenvalue weighted by molar-refractivity contribution is 5.80. The van der Waals surface area contributed by atoms with Crippen molar-refractivity contribution < 1.29 is 28.9 Å². The highest BCUT2D eigenvalue weighted by Crippen LogP contribution is 2.35. The number of carbonyl (C=O) groups excluding carboxylic acids is 1. The number of aromatic nitrogens is 2. The molecule has 0 aliphatic heterocycles. The van der Waals surface area contributed by atoms with Crippen LogP contribution in [0.2, 0.25) is 0 Å². The van der Waals surface area contributed by atoms with Crippen LogP contribution in [-0.4, -0.2) is 37.9 Å². The lowest BCUT2D eigenvalue weighted by molar-refractivity contribution is -0.307. The molecule has 0 saturated heterocycles. The summed E-state index contributed by atoms with van der Waals surface area (Å²) < 4.78 is 28.9. The molecule has 0 unspecified atom stereocenters. The van der Waals surface area contributed by atoms with Crippen LogP contribution in [0.3, 0.4) is 0 Å². The van der Waals surface area contributed by atoms with E-state index >= 15 is 0 Å². The van der Waals surface area contributed by atoms with Crippen molar-refractivity contribution in [3.63, 3.8) is 0 Å². The Balaban J connectivity index is 2.10. The number of imidazole rings is 1. The molecule has 0 saturated carbocycles. The number of carboxylic acids is 1. The molecular weight excluding hydrogens is 430 g/mol. The van der Waals surface area contributed by atoms with E-state index < -0.39 is 30.4 Å². The summed E-state index contributed by atoms with van der Waals surface area (Å²) in [4.78, 5) is 15.4. The first-order valence-corrected chi connectivity index (χ1v) is 10.5. The third kappa shape index (κ3) is 6.12. The maximum atomic E-state index is 13.6. The summed E-state index contributed by atoms with van der Waals surface area (Å²) in [5, 5.41) is 30.7. The summed E-state index contributed by atoms with van der Waals surface area (Å²) in [6.45, 7) is 3.88. The number of aliphatic hydroxyl groups excluding tert-OH is 2. The predicted octanol–water partition coefficient (Wildman–Crippen LogP) is 3.34. The normalized spacial score (nSPS) is 13.5. The monoisotopic (exact) mass is 455 g/mol. The van der Waals surface area contributed by atoms with Crippen molar-refractivity contribution in [3.05, 3.63) is 72.1 Å². The van der Waals surface area contributed by atoms with E-state index in [0.717, 1.165) is 0 Å². The molecule has 2 aromatic carbocycles. The molecule has 8 heteroatoms. The second kappa shape index (κ2) is 10.5. The molecule has 0 spiro atoms. The number of benzene rings is 2. The van der Waals surface area contributed by atoms with E-state index in [1.807, 2.05) is 13.8 Å². The van der Waals surface area contributed by atoms with Gasteiger partial charge in [-0.15, -0.1) is 0 Å². The first-order valence-electron chi connectivity index (χ1n) is 10.5. The zero-order valence-corrected chi connectivity index (χ0v) is 18.3. The Morgan fingerprint density at radius 1 is 1.03 bits per heavy atom. The lowest BCUT2D eigenvalue weighted by Gasteiger charge is -2.15. The van der Waals surface area contributed by atoms with Crippen molar-refractivity contribution in [3.8, 4) is 22.5 Å². The molecule has 6 nitrogen and oxygen atoms in total. The van der Waals surface area contributed by atoms with E-state index in [2.05, 4.69) is 0 Å². The van der Waals surface area contributed by atoms with Crippen molar-refractivity contribution in [2.24, 2.45) is 0 Å². The SMILES string of the molecule is CC(C)c1nc(-c2ccc(F)cc2)c(-c2ccc(F)cc2)n1/C=C/[C@H](O)C[C@@H](O)CC(=O)[O-]. The van der Waals surface area contributed by atoms with Crippen LogP contribution >= 0.6 is 0 Å². The first kappa shape index (κ1) is 24.3. The molecule has 3 rings (SSSR count). The standard InChI is InChI=1S/C25H26F2N2O4/c1-15(2)25-28-23(16-3-7-18(26)8-4-16)24(17-5-9-19(27)10-6-17)29(25)12-11-20(30)13-21(31)14-22(32)33/h3-12,15,20-21,30-31H,13-14H2,1-2H3,(H,32,33)/p-1/b12-11+/t20-,21+/m0/s1. The van der Waals surface area contributed by atoms with Gasteiger partial charge < -0.3 is 24.7 Å². The smallest absolute Gasteiger partial charge is 0.123 e. The molecule has 3 aromatic rings. The van der Waals surface area contributed by atoms with Crippen LogP contribution in [0.1, 0.15) is 38.4 Å². The van der Waals surface area contributed by atoms with E-state index in [1.165, 1.54) is 30.3 Å². The molecule has 1 aromatic heterocycles. The Labute approximate surface area is 190 Å². The van der Waals surface area contributed by atoms with Crippen LogP contribution in [-0.2, 0) is 4.79 Å². The Morgan fingerprint density at radius 2 is 1.58 bits per heavy atom. The zero-order valence-electron chi connectivity index (χ0n) is 18.3. The van der Waals surface area contributed by atoms with Gasteiger partial charge in [0.15, 0.2) is 0 Å². The van der Waals surface area contributed by atoms with Crippen molar-refractivity contribution in [2.75, 3.05) is 0 Å². The summed E-state index contributed by atoms with van der Waals surface area (Å²) in [7, 11) is 0. The fraction of sp³-hybridized carbons (Fsp3) is 0.280. The van der Waals surface area contributed by atoms with Gasteiger partial charge >= 0.3 is 0 Å². The summed E-state index contributed by atoms with van der Waals surface area (Å²) in [5.41, 5.74) is 2.49. The molecule has 0 aliphatic rings. The van der Waals surface area contributed by atoms with Crippen LogP contribution in [0, 0.1) is 11.6 Å². The first-order chi connectivity index (χ1) is 15.7. The fourth-order valence-corrected chi connectivity index (χ4v) is 3.52. The Kier molecular flexibility index (Phi) is 7.73. The number of aliphatic hydroxyl groups is 2. The Hall–Kier alpha value is -3.36. The molecule has 2 N–H and O–H groups in total. The van der Waals surface area contributed by atoms with Gasteiger partial charge in [-0.3, -0.25) is 0 Å². The highest BCUT2D eigenvalue weighted by Gasteiger charge is 2.21. The van der Waals surface area contributed by atoms with Crippen molar-refractivity contribution in [1.29, 1.82) is 0 Å². The van der Waals surface area contributed by atoms with Crippen LogP contribution in [0.15, 0.2) is 54.6 Å². The minimum atomic E-state index is -1.40. The second-order valence-electron chi connectivity index (χ2n) is 8.08. The summed E-state index contributed by atoms with van der Waals surface area (Å²) in [6, 6.07) is 11.7. The van der Waals surface area contributed by atoms with E-state index in [1.54, 1.807) is 35.0 Å². The average molecular weight is 455 g/mol. The van der Waals surface area contributed by atoms with E-state index in [-0.39, 0.29) is 18.2 Å². The van der Waals surface area contributed by atoms with Gasteiger partial charge in [0, 0.05) is 42.1 Å². The molecule has 174 valence electrons. The summed E-state index contributed by atoms with van der Waals surface area (Å²) >= 11 is 0. The third-order valence-electron chi connectivity index (χ3n) is 5.06. The van der Waals surface area contributed by atoms with E-state index in [4.69, 9.17) is 4.98 Å². The number of aliphatic carboxylic acids is 1. The minimum Gasteiger partial charge on any atom is -0.550 e. The van der Waals surface area contributed by atoms with Gasteiger partial charge in [0.05, 0.1) is 23.6 Å². The highest BCUT2D eigenvalue weighted by atomic mass is 19.1. The van der Waals surface area contributed by atoms with Crippen LogP contribution in [0.5, 0.6) is 0 Å². The largest absolute Gasteiger partial charge is 0.550 e. The number of rotatable bonds is 9. The second-order valence-corrected chi connectivity index (χ2v) is 8.08. The number of carbonyl (C=O) groups is 1. The quantitative estimate of drug-likeness (QED) is 0.516. The van der Waals surface area contributed by atoms with Crippen LogP contribution in [0.25, 0.3) is 28.7 Å². The van der Waals surface area contributed by atoms with Crippen molar-refractivity contribution in [1.82, 2.24) is 9.55 Å². The van der Waals surface area contributed by atoms with Gasteiger partial charge in [-0.25, -0.2) is 13.8 Å². The van der Waals surface area contributed by atoms with E-state index in [9.17, 15) is 28.9 Å². The number of hydrogen-bond donors (Lipinski definition) is 2. The molecule has 33 heavy (non-hydrogen) atoms. The predicted molar refractivity (Wildman–Crippen MR) is 119 cm³/mol. The Morgan fingerprint density at radius 3 is 2.09 bits per heavy atom. The number of nitrogens with zero attached hydrogens (tertiary/aromatic N) is 2. The number of carboxylic acid groups (broad SMARTS) is 1. The average Bonchev–Trinajstić information content (AvgIpc) is 3.12. The van der Waals surface area contributed by atoms with Gasteiger partial charge in [-0.2, -0.15) is 0 Å². The maximum Gasteiger partial charge on any atom is 0.123 e. The van der Waals surface area contributed by atoms with Crippen molar-refractivity contribution >= 4 is 12.2 Å². The van der Waals surface area contributed by atoms with Gasteiger partial charge in [-0.1, -0.05) is 13.8 Å². The summed E-state index contributed by atoms with van der Waals surface area (Å²) in [5.74, 6) is -1.58. The molecule has 0 amide bonds. The van der Waals surface area contributed by atoms with Gasteiger partial charge in [0.25, 0.3) is 0 Å². The van der Waals surface area contributed by atoms with E-state index in [0.29, 0.717) is 28.3 Å². The molecule has 0 bridgehead atoms. The Bertz CT molecular complexity index is 1120. The third-order valence-corrected chi connectivity index (χ3v) is 5.06. The zero-order chi connectivity index (χ0) is 24.1. The lowest BCUT2D eigenvalue weighted by Crippen LogP contribution is -2.29. The van der Waals surface area contributed by atoms with Crippen LogP contribution in [0.4, 0.5) is 8.78 Å². The van der Waals surface area contributed by atoms with Crippen LogP contribution < -0.4 is 5.11 Å². The fourth-order valence-electron chi connectivity index (χ4n) is 3.52. The molecule has 2 atom stereocenters. The van der Waals surface area contributed by atoms with Gasteiger partial charge in [0.2, 0.25) is 0 Å². The molecule has 0 aliphatic carbocycles.